The average molecular weight is 598 g/mol. The molecular weight excluding hydrogens is 570 g/mol. The number of likely N-dealkylation sites (N-methyl/N-ethyl adjacent to an activating group) is 1. The summed E-state index contributed by atoms with van der Waals surface area (Å²) in [5.74, 6) is -0.649. The number of rotatable bonds is 8. The molecule has 0 fully saturated rings. The normalized spacial score (nSPS) is 16.4. The number of benzene rings is 2. The lowest BCUT2D eigenvalue weighted by Gasteiger charge is -2.31. The molecule has 9 nitrogen and oxygen atoms in total. The van der Waals surface area contributed by atoms with Crippen LogP contribution in [-0.4, -0.2) is 59.0 Å². The highest BCUT2D eigenvalue weighted by Crippen LogP contribution is 2.29. The molecule has 3 rings (SSSR count). The van der Waals surface area contributed by atoms with Crippen molar-refractivity contribution in [2.24, 2.45) is 21.7 Å². The van der Waals surface area contributed by atoms with E-state index in [1.807, 2.05) is 20.8 Å². The van der Waals surface area contributed by atoms with Crippen LogP contribution in [0.5, 0.6) is 5.75 Å². The fraction of sp³-hybridized carbons (Fsp3) is 0.385. The number of nitriles is 1. The minimum atomic E-state index is -4.89. The van der Waals surface area contributed by atoms with Crippen molar-refractivity contribution < 1.29 is 22.7 Å². The molecule has 0 aromatic heterocycles. The van der Waals surface area contributed by atoms with E-state index in [0.717, 1.165) is 12.1 Å². The van der Waals surface area contributed by atoms with Gasteiger partial charge in [-0.2, -0.15) is 10.4 Å². The van der Waals surface area contributed by atoms with Gasteiger partial charge in [-0.05, 0) is 43.5 Å². The van der Waals surface area contributed by atoms with Crippen molar-refractivity contribution in [2.45, 2.75) is 45.6 Å². The van der Waals surface area contributed by atoms with E-state index in [4.69, 9.17) is 28.9 Å². The molecule has 214 valence electrons. The van der Waals surface area contributed by atoms with Gasteiger partial charge in [0.05, 0.1) is 40.1 Å². The monoisotopic (exact) mass is 597 g/mol. The van der Waals surface area contributed by atoms with Crippen molar-refractivity contribution in [3.05, 3.63) is 58.1 Å². The number of carbonyl (C=O) groups excluding carboxylic acids is 1. The summed E-state index contributed by atoms with van der Waals surface area (Å²) in [5, 5.41) is 18.4. The summed E-state index contributed by atoms with van der Waals surface area (Å²) < 4.78 is 42.1. The van der Waals surface area contributed by atoms with Crippen molar-refractivity contribution >= 4 is 46.5 Å². The maximum Gasteiger partial charge on any atom is 0.573 e. The number of nitrogens with zero attached hydrogens (tertiary/aromatic N) is 5. The molecule has 2 atom stereocenters. The van der Waals surface area contributed by atoms with Crippen LogP contribution in [0.25, 0.3) is 0 Å². The quantitative estimate of drug-likeness (QED) is 0.185. The Labute approximate surface area is 240 Å². The zero-order valence-corrected chi connectivity index (χ0v) is 23.4. The highest BCUT2D eigenvalue weighted by atomic mass is 35.5. The van der Waals surface area contributed by atoms with Gasteiger partial charge in [0.2, 0.25) is 11.9 Å². The highest BCUT2D eigenvalue weighted by Gasteiger charge is 2.38. The van der Waals surface area contributed by atoms with Crippen LogP contribution in [0.15, 0.2) is 52.6 Å². The van der Waals surface area contributed by atoms with Crippen LogP contribution in [0, 0.1) is 17.4 Å². The first kappa shape index (κ1) is 31.0. The molecule has 14 heteroatoms. The second-order valence-corrected chi connectivity index (χ2v) is 10.1. The van der Waals surface area contributed by atoms with E-state index in [-0.39, 0.29) is 35.0 Å². The number of hydrazone groups is 1. The number of nitrogens with one attached hydrogen (secondary N) is 1. The Morgan fingerprint density at radius 1 is 1.30 bits per heavy atom. The molecule has 2 unspecified atom stereocenters. The van der Waals surface area contributed by atoms with Crippen LogP contribution in [0.1, 0.15) is 32.8 Å². The number of guanidine groups is 1. The Bertz CT molecular complexity index is 1330. The number of nitrogens with two attached hydrogens (primary N) is 1. The lowest BCUT2D eigenvalue weighted by atomic mass is 9.99. The lowest BCUT2D eigenvalue weighted by molar-refractivity contribution is -0.274. The van der Waals surface area contributed by atoms with Crippen LogP contribution in [0.4, 0.5) is 18.9 Å². The Hall–Kier alpha value is -3.53. The predicted octanol–water partition coefficient (Wildman–Crippen LogP) is 5.26. The van der Waals surface area contributed by atoms with Crippen molar-refractivity contribution in [3.63, 3.8) is 0 Å². The van der Waals surface area contributed by atoms with Crippen molar-refractivity contribution in [3.8, 4) is 11.9 Å². The summed E-state index contributed by atoms with van der Waals surface area (Å²) in [5.41, 5.74) is 7.31. The number of halogens is 5. The van der Waals surface area contributed by atoms with Crippen molar-refractivity contribution in [1.82, 2.24) is 15.2 Å². The fourth-order valence-electron chi connectivity index (χ4n) is 4.20. The van der Waals surface area contributed by atoms with Gasteiger partial charge in [-0.15, -0.1) is 13.2 Å². The van der Waals surface area contributed by atoms with E-state index < -0.39 is 24.2 Å². The summed E-state index contributed by atoms with van der Waals surface area (Å²) >= 11 is 12.4. The van der Waals surface area contributed by atoms with Gasteiger partial charge in [0.25, 0.3) is 0 Å². The second kappa shape index (κ2) is 13.2. The number of hydrogen-bond donors (Lipinski definition) is 2. The van der Waals surface area contributed by atoms with Gasteiger partial charge >= 0.3 is 6.36 Å². The third kappa shape index (κ3) is 8.00. The summed E-state index contributed by atoms with van der Waals surface area (Å²) in [6.45, 7) is 6.11. The molecular formula is C26H28Cl2F3N7O2. The summed E-state index contributed by atoms with van der Waals surface area (Å²) in [6, 6.07) is 8.49. The number of carbonyl (C=O) groups is 1. The molecule has 1 amide bonds. The maximum absolute atomic E-state index is 13.4. The Balaban J connectivity index is 2.05. The zero-order valence-electron chi connectivity index (χ0n) is 21.9. The number of alkyl halides is 3. The molecule has 2 aromatic carbocycles. The second-order valence-electron chi connectivity index (χ2n) is 9.29. The molecule has 0 aliphatic carbocycles. The van der Waals surface area contributed by atoms with Crippen LogP contribution in [-0.2, 0) is 4.79 Å². The van der Waals surface area contributed by atoms with E-state index in [0.29, 0.717) is 29.3 Å². The number of ether oxygens (including phenoxy) is 1. The third-order valence-corrected chi connectivity index (χ3v) is 6.59. The molecule has 0 saturated carbocycles. The first-order valence-electron chi connectivity index (χ1n) is 12.3. The first-order chi connectivity index (χ1) is 18.8. The van der Waals surface area contributed by atoms with E-state index in [2.05, 4.69) is 20.1 Å². The maximum atomic E-state index is 13.4. The number of hydrogen-bond acceptors (Lipinski definition) is 6. The number of amides is 1. The standard InChI is InChI=1S/C26H28Cl2F3N7O2/c1-4-37(24(39)21(33)10-15(2)3)22-13-38(36-23(22)16-8-9-19(27)20(28)11-16)25(34-14-32)35-17-6-5-7-18(12-17)40-26(29,30)31/h5-9,11-12,15,21-22H,4,10,13,33H2,1-3H3,(H,34,35). The molecule has 0 bridgehead atoms. The largest absolute Gasteiger partial charge is 0.573 e. The van der Waals surface area contributed by atoms with Crippen molar-refractivity contribution in [1.29, 1.82) is 5.26 Å². The molecule has 0 saturated heterocycles. The van der Waals surface area contributed by atoms with E-state index in [9.17, 15) is 23.2 Å². The average Bonchev–Trinajstić information content (AvgIpc) is 3.29. The molecule has 1 aliphatic rings. The van der Waals surface area contributed by atoms with Crippen LogP contribution in [0.2, 0.25) is 10.0 Å². The SMILES string of the molecule is CCN(C(=O)C(N)CC(C)C)C1CN(C(=Nc2cccc(OC(F)(F)F)c2)NC#N)N=C1c1ccc(Cl)c(Cl)c1. The molecule has 40 heavy (non-hydrogen) atoms. The highest BCUT2D eigenvalue weighted by molar-refractivity contribution is 6.42. The van der Waals surface area contributed by atoms with Gasteiger partial charge in [0, 0.05) is 18.2 Å². The molecule has 1 heterocycles. The zero-order chi connectivity index (χ0) is 29.6. The van der Waals surface area contributed by atoms with E-state index >= 15 is 0 Å². The van der Waals surface area contributed by atoms with E-state index in [1.165, 1.54) is 17.1 Å². The Morgan fingerprint density at radius 3 is 2.62 bits per heavy atom. The molecule has 1 aliphatic heterocycles. The van der Waals surface area contributed by atoms with Crippen molar-refractivity contribution in [2.75, 3.05) is 13.1 Å². The van der Waals surface area contributed by atoms with Gasteiger partial charge in [-0.25, -0.2) is 10.0 Å². The minimum absolute atomic E-state index is 0.0653. The van der Waals surface area contributed by atoms with Crippen LogP contribution < -0.4 is 15.8 Å². The first-order valence-corrected chi connectivity index (χ1v) is 13.1. The van der Waals surface area contributed by atoms with Gasteiger partial charge < -0.3 is 15.4 Å². The smallest absolute Gasteiger partial charge is 0.406 e. The molecule has 3 N–H and O–H groups in total. The van der Waals surface area contributed by atoms with Gasteiger partial charge in [-0.3, -0.25) is 10.1 Å². The topological polar surface area (TPSA) is 119 Å². The van der Waals surface area contributed by atoms with Crippen LogP contribution in [0.3, 0.4) is 0 Å². The van der Waals surface area contributed by atoms with Gasteiger partial charge in [0.1, 0.15) is 5.75 Å². The summed E-state index contributed by atoms with van der Waals surface area (Å²) in [6.07, 6.45) is -2.64. The molecule has 2 aromatic rings. The van der Waals surface area contributed by atoms with Gasteiger partial charge in [-0.1, -0.05) is 49.2 Å². The summed E-state index contributed by atoms with van der Waals surface area (Å²) in [4.78, 5) is 19.3. The van der Waals surface area contributed by atoms with Gasteiger partial charge in [0.15, 0.2) is 6.19 Å². The Kier molecular flexibility index (Phi) is 10.2. The predicted molar refractivity (Wildman–Crippen MR) is 147 cm³/mol. The minimum Gasteiger partial charge on any atom is -0.406 e. The molecule has 0 spiro atoms. The lowest BCUT2D eigenvalue weighted by Crippen LogP contribution is -2.53. The fourth-order valence-corrected chi connectivity index (χ4v) is 4.50. The van der Waals surface area contributed by atoms with Crippen LogP contribution >= 0.6 is 23.2 Å². The molecule has 0 radical (unpaired) electrons. The number of aliphatic imine (C=N–C) groups is 1. The van der Waals surface area contributed by atoms with E-state index in [1.54, 1.807) is 29.3 Å². The summed E-state index contributed by atoms with van der Waals surface area (Å²) in [7, 11) is 0. The Morgan fingerprint density at radius 2 is 2.02 bits per heavy atom. The third-order valence-electron chi connectivity index (χ3n) is 5.85.